The minimum absolute atomic E-state index is 0.0473. The second kappa shape index (κ2) is 6.90. The van der Waals surface area contributed by atoms with Crippen molar-refractivity contribution >= 4 is 11.7 Å². The maximum Gasteiger partial charge on any atom is 0.319 e. The number of nitrogens with one attached hydrogen (secondary N) is 2. The molecule has 21 heavy (non-hydrogen) atoms. The van der Waals surface area contributed by atoms with E-state index in [-0.39, 0.29) is 12.1 Å². The molecular formula is C17H21N3O. The van der Waals surface area contributed by atoms with E-state index in [1.165, 1.54) is 5.56 Å². The second-order valence-corrected chi connectivity index (χ2v) is 5.13. The van der Waals surface area contributed by atoms with Gasteiger partial charge >= 0.3 is 6.03 Å². The Hall–Kier alpha value is -2.33. The van der Waals surface area contributed by atoms with Crippen molar-refractivity contribution in [2.24, 2.45) is 5.73 Å². The van der Waals surface area contributed by atoms with Crippen LogP contribution in [0.1, 0.15) is 29.7 Å². The molecular weight excluding hydrogens is 262 g/mol. The Kier molecular flexibility index (Phi) is 4.95. The Balaban J connectivity index is 1.92. The summed E-state index contributed by atoms with van der Waals surface area (Å²) in [4.78, 5) is 12.0. The van der Waals surface area contributed by atoms with Crippen molar-refractivity contribution < 1.29 is 4.79 Å². The van der Waals surface area contributed by atoms with Crippen LogP contribution in [0, 0.1) is 6.92 Å². The Morgan fingerprint density at radius 1 is 1.10 bits per heavy atom. The molecule has 0 saturated heterocycles. The van der Waals surface area contributed by atoms with Crippen molar-refractivity contribution in [2.75, 3.05) is 5.32 Å². The van der Waals surface area contributed by atoms with E-state index >= 15 is 0 Å². The SMILES string of the molecule is Cc1ccc(C(C)NC(=O)Nc2ccc(CN)cc2)cc1. The van der Waals surface area contributed by atoms with Gasteiger partial charge in [-0.2, -0.15) is 0 Å². The molecule has 0 aliphatic heterocycles. The zero-order chi connectivity index (χ0) is 15.2. The first-order valence-corrected chi connectivity index (χ1v) is 7.01. The van der Waals surface area contributed by atoms with Crippen molar-refractivity contribution in [1.29, 1.82) is 0 Å². The number of benzene rings is 2. The van der Waals surface area contributed by atoms with Crippen LogP contribution >= 0.6 is 0 Å². The third-order valence-corrected chi connectivity index (χ3v) is 3.37. The van der Waals surface area contributed by atoms with Crippen LogP contribution in [0.2, 0.25) is 0 Å². The number of anilines is 1. The first-order chi connectivity index (χ1) is 10.1. The smallest absolute Gasteiger partial charge is 0.319 e. The van der Waals surface area contributed by atoms with E-state index in [2.05, 4.69) is 10.6 Å². The number of amides is 2. The van der Waals surface area contributed by atoms with E-state index in [0.717, 1.165) is 16.8 Å². The minimum atomic E-state index is -0.219. The van der Waals surface area contributed by atoms with Gasteiger partial charge in [-0.3, -0.25) is 0 Å². The van der Waals surface area contributed by atoms with Gasteiger partial charge in [-0.25, -0.2) is 4.79 Å². The average Bonchev–Trinajstić information content (AvgIpc) is 2.48. The van der Waals surface area contributed by atoms with Gasteiger partial charge in [-0.15, -0.1) is 0 Å². The first-order valence-electron chi connectivity index (χ1n) is 7.01. The second-order valence-electron chi connectivity index (χ2n) is 5.13. The van der Waals surface area contributed by atoms with Crippen LogP contribution in [0.3, 0.4) is 0 Å². The first kappa shape index (κ1) is 15.1. The summed E-state index contributed by atoms with van der Waals surface area (Å²) in [6, 6.07) is 15.4. The molecule has 1 atom stereocenters. The van der Waals surface area contributed by atoms with E-state index in [9.17, 15) is 4.79 Å². The molecule has 0 aliphatic carbocycles. The van der Waals surface area contributed by atoms with Crippen LogP contribution in [0.25, 0.3) is 0 Å². The van der Waals surface area contributed by atoms with Gasteiger partial charge in [0.05, 0.1) is 6.04 Å². The average molecular weight is 283 g/mol. The summed E-state index contributed by atoms with van der Waals surface area (Å²) in [7, 11) is 0. The predicted octanol–water partition coefficient (Wildman–Crippen LogP) is 3.34. The maximum absolute atomic E-state index is 12.0. The molecule has 2 aromatic rings. The summed E-state index contributed by atoms with van der Waals surface area (Å²) in [5, 5.41) is 5.73. The zero-order valence-corrected chi connectivity index (χ0v) is 12.4. The van der Waals surface area contributed by atoms with Crippen LogP contribution in [-0.2, 0) is 6.54 Å². The van der Waals surface area contributed by atoms with Crippen molar-refractivity contribution in [1.82, 2.24) is 5.32 Å². The van der Waals surface area contributed by atoms with Gasteiger partial charge in [0, 0.05) is 12.2 Å². The number of nitrogens with two attached hydrogens (primary N) is 1. The fraction of sp³-hybridized carbons (Fsp3) is 0.235. The summed E-state index contributed by atoms with van der Waals surface area (Å²) < 4.78 is 0. The van der Waals surface area contributed by atoms with Crippen molar-refractivity contribution in [3.63, 3.8) is 0 Å². The topological polar surface area (TPSA) is 67.2 Å². The highest BCUT2D eigenvalue weighted by molar-refractivity contribution is 5.89. The van der Waals surface area contributed by atoms with Gasteiger partial charge in [0.15, 0.2) is 0 Å². The third-order valence-electron chi connectivity index (χ3n) is 3.37. The third kappa shape index (κ3) is 4.33. The molecule has 2 aromatic carbocycles. The van der Waals surface area contributed by atoms with Crippen LogP contribution in [0.5, 0.6) is 0 Å². The number of hydrogen-bond donors (Lipinski definition) is 3. The maximum atomic E-state index is 12.0. The lowest BCUT2D eigenvalue weighted by atomic mass is 10.1. The molecule has 0 fully saturated rings. The molecule has 2 amide bonds. The van der Waals surface area contributed by atoms with Gasteiger partial charge in [-0.1, -0.05) is 42.0 Å². The number of hydrogen-bond acceptors (Lipinski definition) is 2. The molecule has 4 heteroatoms. The Labute approximate surface area is 125 Å². The molecule has 110 valence electrons. The summed E-state index contributed by atoms with van der Waals surface area (Å²) in [5.41, 5.74) is 9.61. The molecule has 0 heterocycles. The fourth-order valence-electron chi connectivity index (χ4n) is 2.03. The molecule has 0 radical (unpaired) electrons. The van der Waals surface area contributed by atoms with Crippen molar-refractivity contribution in [3.05, 3.63) is 65.2 Å². The van der Waals surface area contributed by atoms with Crippen molar-refractivity contribution in [2.45, 2.75) is 26.4 Å². The highest BCUT2D eigenvalue weighted by Gasteiger charge is 2.09. The van der Waals surface area contributed by atoms with Crippen molar-refractivity contribution in [3.8, 4) is 0 Å². The van der Waals surface area contributed by atoms with Gasteiger partial charge < -0.3 is 16.4 Å². The Bertz CT molecular complexity index is 590. The zero-order valence-electron chi connectivity index (χ0n) is 12.4. The Morgan fingerprint density at radius 3 is 2.29 bits per heavy atom. The Morgan fingerprint density at radius 2 is 1.71 bits per heavy atom. The highest BCUT2D eigenvalue weighted by Crippen LogP contribution is 2.14. The lowest BCUT2D eigenvalue weighted by Gasteiger charge is -2.15. The van der Waals surface area contributed by atoms with Crippen LogP contribution in [-0.4, -0.2) is 6.03 Å². The monoisotopic (exact) mass is 283 g/mol. The van der Waals surface area contributed by atoms with Gasteiger partial charge in [0.25, 0.3) is 0 Å². The number of carbonyl (C=O) groups is 1. The standard InChI is InChI=1S/C17H21N3O/c1-12-3-7-15(8-4-12)13(2)19-17(21)20-16-9-5-14(11-18)6-10-16/h3-10,13H,11,18H2,1-2H3,(H2,19,20,21). The lowest BCUT2D eigenvalue weighted by molar-refractivity contribution is 0.249. The van der Waals surface area contributed by atoms with E-state index in [4.69, 9.17) is 5.73 Å². The number of rotatable bonds is 4. The largest absolute Gasteiger partial charge is 0.331 e. The van der Waals surface area contributed by atoms with E-state index in [0.29, 0.717) is 6.54 Å². The number of aryl methyl sites for hydroxylation is 1. The van der Waals surface area contributed by atoms with E-state index in [1.54, 1.807) is 0 Å². The lowest BCUT2D eigenvalue weighted by Crippen LogP contribution is -2.31. The number of urea groups is 1. The molecule has 0 saturated carbocycles. The normalized spacial score (nSPS) is 11.8. The molecule has 2 rings (SSSR count). The predicted molar refractivity (Wildman–Crippen MR) is 86.1 cm³/mol. The van der Waals surface area contributed by atoms with Gasteiger partial charge in [0.2, 0.25) is 0 Å². The number of carbonyl (C=O) groups excluding carboxylic acids is 1. The molecule has 1 unspecified atom stereocenters. The molecule has 0 spiro atoms. The van der Waals surface area contributed by atoms with Crippen LogP contribution < -0.4 is 16.4 Å². The summed E-state index contributed by atoms with van der Waals surface area (Å²) in [5.74, 6) is 0. The van der Waals surface area contributed by atoms with Gasteiger partial charge in [0.1, 0.15) is 0 Å². The highest BCUT2D eigenvalue weighted by atomic mass is 16.2. The molecule has 4 nitrogen and oxygen atoms in total. The summed E-state index contributed by atoms with van der Waals surface area (Å²) in [6.45, 7) is 4.50. The van der Waals surface area contributed by atoms with E-state index in [1.807, 2.05) is 62.4 Å². The minimum Gasteiger partial charge on any atom is -0.331 e. The van der Waals surface area contributed by atoms with Gasteiger partial charge in [-0.05, 0) is 37.1 Å². The molecule has 0 aromatic heterocycles. The van der Waals surface area contributed by atoms with Crippen LogP contribution in [0.15, 0.2) is 48.5 Å². The summed E-state index contributed by atoms with van der Waals surface area (Å²) >= 11 is 0. The van der Waals surface area contributed by atoms with Crippen LogP contribution in [0.4, 0.5) is 10.5 Å². The molecule has 0 bridgehead atoms. The molecule has 4 N–H and O–H groups in total. The quantitative estimate of drug-likeness (QED) is 0.805. The molecule has 0 aliphatic rings. The van der Waals surface area contributed by atoms with E-state index < -0.39 is 0 Å². The fourth-order valence-corrected chi connectivity index (χ4v) is 2.03. The summed E-state index contributed by atoms with van der Waals surface area (Å²) in [6.07, 6.45) is 0.